The summed E-state index contributed by atoms with van der Waals surface area (Å²) in [6.07, 6.45) is 2.05. The molecule has 34 heavy (non-hydrogen) atoms. The zero-order valence-electron chi connectivity index (χ0n) is 18.4. The van der Waals surface area contributed by atoms with Crippen molar-refractivity contribution in [2.24, 2.45) is 0 Å². The summed E-state index contributed by atoms with van der Waals surface area (Å²) >= 11 is 0. The van der Waals surface area contributed by atoms with Crippen LogP contribution in [0.4, 0.5) is 0 Å². The molecular weight excluding hydrogens is 438 g/mol. The first-order chi connectivity index (χ1) is 16.4. The van der Waals surface area contributed by atoms with Gasteiger partial charge in [-0.25, -0.2) is 4.68 Å². The van der Waals surface area contributed by atoms with Crippen molar-refractivity contribution in [2.75, 3.05) is 6.61 Å². The number of fused-ring (bicyclic) bond motifs is 1. The van der Waals surface area contributed by atoms with E-state index < -0.39 is 11.9 Å². The molecule has 0 bridgehead atoms. The van der Waals surface area contributed by atoms with Crippen molar-refractivity contribution in [1.29, 1.82) is 0 Å². The Morgan fingerprint density at radius 2 is 2.03 bits per heavy atom. The number of imide groups is 1. The molecule has 3 heterocycles. The van der Waals surface area contributed by atoms with Gasteiger partial charge in [-0.1, -0.05) is 17.3 Å². The fraction of sp³-hybridized carbons (Fsp3) is 0.250. The molecule has 3 aromatic rings. The molecule has 1 N–H and O–H groups in total. The number of rotatable bonds is 6. The standard InChI is InChI=1S/C24H21N5O5/c1-14-3-2-4-16(9-14)29-12-19(26-27-29)21(30)13-34-17-5-6-18-15(10-17)11-28(24(18)33)20-7-8-22(31)25-23(20)32/h2-6,9-10,12,20H,7-8,11,13H2,1H3,(H,25,31,32). The van der Waals surface area contributed by atoms with Gasteiger partial charge >= 0.3 is 0 Å². The Morgan fingerprint density at radius 3 is 2.82 bits per heavy atom. The number of aryl methyl sites for hydroxylation is 1. The van der Waals surface area contributed by atoms with Crippen LogP contribution in [0.2, 0.25) is 0 Å². The molecule has 1 fully saturated rings. The number of Topliss-reactive ketones (excluding diaryl/α,β-unsaturated/α-hetero) is 1. The Kier molecular flexibility index (Phi) is 5.40. The summed E-state index contributed by atoms with van der Waals surface area (Å²) < 4.78 is 7.18. The van der Waals surface area contributed by atoms with Gasteiger partial charge in [0, 0.05) is 18.5 Å². The zero-order valence-corrected chi connectivity index (χ0v) is 18.4. The zero-order chi connectivity index (χ0) is 23.8. The molecule has 0 saturated carbocycles. The first-order valence-electron chi connectivity index (χ1n) is 10.8. The monoisotopic (exact) mass is 459 g/mol. The molecule has 2 aromatic carbocycles. The number of ketones is 1. The van der Waals surface area contributed by atoms with Crippen LogP contribution in [-0.4, -0.2) is 56.0 Å². The van der Waals surface area contributed by atoms with Crippen LogP contribution in [0.1, 0.15) is 44.8 Å². The third kappa shape index (κ3) is 4.05. The summed E-state index contributed by atoms with van der Waals surface area (Å²) in [6, 6.07) is 11.9. The van der Waals surface area contributed by atoms with E-state index in [1.165, 1.54) is 9.58 Å². The fourth-order valence-electron chi connectivity index (χ4n) is 4.15. The maximum Gasteiger partial charge on any atom is 0.255 e. The molecule has 1 atom stereocenters. The normalized spacial score (nSPS) is 17.5. The lowest BCUT2D eigenvalue weighted by molar-refractivity contribution is -0.136. The SMILES string of the molecule is Cc1cccc(-n2cc(C(=O)COc3ccc4c(c3)CN(C3CCC(=O)NC3=O)C4=O)nn2)c1. The van der Waals surface area contributed by atoms with Crippen LogP contribution >= 0.6 is 0 Å². The number of benzene rings is 2. The number of ether oxygens (including phenoxy) is 1. The number of hydrogen-bond donors (Lipinski definition) is 1. The van der Waals surface area contributed by atoms with Gasteiger partial charge in [0.05, 0.1) is 11.9 Å². The van der Waals surface area contributed by atoms with Crippen molar-refractivity contribution in [3.8, 4) is 11.4 Å². The third-order valence-corrected chi connectivity index (χ3v) is 5.91. The summed E-state index contributed by atoms with van der Waals surface area (Å²) in [5.74, 6) is -0.959. The van der Waals surface area contributed by atoms with E-state index in [4.69, 9.17) is 4.74 Å². The van der Waals surface area contributed by atoms with E-state index >= 15 is 0 Å². The maximum atomic E-state index is 12.8. The number of hydrogen-bond acceptors (Lipinski definition) is 7. The largest absolute Gasteiger partial charge is 0.485 e. The van der Waals surface area contributed by atoms with Gasteiger partial charge in [0.15, 0.2) is 12.3 Å². The van der Waals surface area contributed by atoms with Crippen molar-refractivity contribution < 1.29 is 23.9 Å². The molecule has 10 heteroatoms. The molecule has 0 aliphatic carbocycles. The van der Waals surface area contributed by atoms with Crippen molar-refractivity contribution in [3.63, 3.8) is 0 Å². The summed E-state index contributed by atoms with van der Waals surface area (Å²) in [5, 5.41) is 10.2. The van der Waals surface area contributed by atoms with E-state index in [0.29, 0.717) is 23.3 Å². The van der Waals surface area contributed by atoms with Gasteiger partial charge in [0.2, 0.25) is 17.6 Å². The topological polar surface area (TPSA) is 123 Å². The highest BCUT2D eigenvalue weighted by Crippen LogP contribution is 2.30. The minimum Gasteiger partial charge on any atom is -0.485 e. The molecule has 2 aliphatic heterocycles. The highest BCUT2D eigenvalue weighted by molar-refractivity contribution is 6.05. The summed E-state index contributed by atoms with van der Waals surface area (Å²) in [4.78, 5) is 50.4. The first-order valence-corrected chi connectivity index (χ1v) is 10.8. The van der Waals surface area contributed by atoms with Crippen molar-refractivity contribution in [3.05, 3.63) is 71.0 Å². The number of nitrogens with zero attached hydrogens (tertiary/aromatic N) is 4. The number of nitrogens with one attached hydrogen (secondary N) is 1. The van der Waals surface area contributed by atoms with Crippen LogP contribution in [0.3, 0.4) is 0 Å². The van der Waals surface area contributed by atoms with Gasteiger partial charge in [0.1, 0.15) is 11.8 Å². The average Bonchev–Trinajstić information content (AvgIpc) is 3.43. The van der Waals surface area contributed by atoms with Crippen LogP contribution in [0.5, 0.6) is 5.75 Å². The Bertz CT molecular complexity index is 1330. The van der Waals surface area contributed by atoms with Crippen molar-refractivity contribution in [1.82, 2.24) is 25.2 Å². The lowest BCUT2D eigenvalue weighted by Crippen LogP contribution is -2.52. The van der Waals surface area contributed by atoms with Gasteiger partial charge in [-0.05, 0) is 54.8 Å². The molecule has 1 aromatic heterocycles. The van der Waals surface area contributed by atoms with Gasteiger partial charge in [-0.2, -0.15) is 0 Å². The minimum atomic E-state index is -0.681. The van der Waals surface area contributed by atoms with Gasteiger partial charge in [-0.15, -0.1) is 5.10 Å². The van der Waals surface area contributed by atoms with Crippen LogP contribution in [0, 0.1) is 6.92 Å². The van der Waals surface area contributed by atoms with Crippen LogP contribution < -0.4 is 10.1 Å². The number of aromatic nitrogens is 3. The second-order valence-electron chi connectivity index (χ2n) is 8.32. The van der Waals surface area contributed by atoms with E-state index in [0.717, 1.165) is 11.3 Å². The van der Waals surface area contributed by atoms with Gasteiger partial charge in [-0.3, -0.25) is 24.5 Å². The van der Waals surface area contributed by atoms with E-state index in [9.17, 15) is 19.2 Å². The molecule has 172 valence electrons. The van der Waals surface area contributed by atoms with E-state index in [1.807, 2.05) is 31.2 Å². The maximum absolute atomic E-state index is 12.8. The molecule has 1 unspecified atom stereocenters. The summed E-state index contributed by atoms with van der Waals surface area (Å²) in [6.45, 7) is 1.96. The highest BCUT2D eigenvalue weighted by Gasteiger charge is 2.39. The molecule has 0 radical (unpaired) electrons. The third-order valence-electron chi connectivity index (χ3n) is 5.91. The fourth-order valence-corrected chi connectivity index (χ4v) is 4.15. The number of amides is 3. The average molecular weight is 459 g/mol. The number of piperidine rings is 1. The molecule has 10 nitrogen and oxygen atoms in total. The Morgan fingerprint density at radius 1 is 1.18 bits per heavy atom. The number of carbonyl (C=O) groups is 4. The van der Waals surface area contributed by atoms with E-state index in [1.54, 1.807) is 24.4 Å². The van der Waals surface area contributed by atoms with E-state index in [-0.39, 0.29) is 42.9 Å². The number of carbonyl (C=O) groups excluding carboxylic acids is 4. The molecule has 3 amide bonds. The lowest BCUT2D eigenvalue weighted by Gasteiger charge is -2.29. The van der Waals surface area contributed by atoms with Crippen LogP contribution in [-0.2, 0) is 16.1 Å². The van der Waals surface area contributed by atoms with Gasteiger partial charge in [0.25, 0.3) is 5.91 Å². The summed E-state index contributed by atoms with van der Waals surface area (Å²) in [7, 11) is 0. The molecule has 0 spiro atoms. The second kappa shape index (κ2) is 8.54. The quantitative estimate of drug-likeness (QED) is 0.439. The molecule has 1 saturated heterocycles. The molecule has 2 aliphatic rings. The van der Waals surface area contributed by atoms with Crippen LogP contribution in [0.15, 0.2) is 48.7 Å². The van der Waals surface area contributed by atoms with Crippen molar-refractivity contribution >= 4 is 23.5 Å². The van der Waals surface area contributed by atoms with Crippen LogP contribution in [0.25, 0.3) is 5.69 Å². The second-order valence-corrected chi connectivity index (χ2v) is 8.32. The highest BCUT2D eigenvalue weighted by atomic mass is 16.5. The minimum absolute atomic E-state index is 0.182. The lowest BCUT2D eigenvalue weighted by atomic mass is 10.0. The predicted octanol–water partition coefficient (Wildman–Crippen LogP) is 1.60. The Balaban J connectivity index is 1.24. The molecular formula is C24H21N5O5. The van der Waals surface area contributed by atoms with E-state index in [2.05, 4.69) is 15.6 Å². The summed E-state index contributed by atoms with van der Waals surface area (Å²) in [5.41, 5.74) is 3.23. The predicted molar refractivity (Wildman–Crippen MR) is 118 cm³/mol. The first kappa shape index (κ1) is 21.5. The van der Waals surface area contributed by atoms with Gasteiger partial charge < -0.3 is 9.64 Å². The smallest absolute Gasteiger partial charge is 0.255 e. The Labute approximate surface area is 194 Å². The molecule has 5 rings (SSSR count). The Hall–Kier alpha value is -4.34. The van der Waals surface area contributed by atoms with Crippen molar-refractivity contribution in [2.45, 2.75) is 32.4 Å².